The standard InChI is InChI=1S/C19H19NO/c1-15(16-8-4-2-5-9-16)20-14-18-12-13-19(21-18)17-10-6-3-7-11-17/h2-13,15,20H,14H2,1H3. The molecule has 106 valence electrons. The molecule has 1 N–H and O–H groups in total. The SMILES string of the molecule is CC(NCc1ccc(-c2ccccc2)o1)c1ccccc1. The molecule has 0 saturated heterocycles. The average molecular weight is 277 g/mol. The van der Waals surface area contributed by atoms with Crippen LogP contribution in [-0.2, 0) is 6.54 Å². The zero-order chi connectivity index (χ0) is 14.5. The maximum absolute atomic E-state index is 5.89. The van der Waals surface area contributed by atoms with E-state index in [0.717, 1.165) is 23.6 Å². The predicted octanol–water partition coefficient (Wildman–Crippen LogP) is 4.80. The van der Waals surface area contributed by atoms with Crippen molar-refractivity contribution in [2.75, 3.05) is 0 Å². The maximum Gasteiger partial charge on any atom is 0.134 e. The second kappa shape index (κ2) is 6.42. The van der Waals surface area contributed by atoms with Crippen LogP contribution in [0.3, 0.4) is 0 Å². The predicted molar refractivity (Wildman–Crippen MR) is 85.8 cm³/mol. The van der Waals surface area contributed by atoms with Gasteiger partial charge in [-0.05, 0) is 24.6 Å². The maximum atomic E-state index is 5.89. The van der Waals surface area contributed by atoms with E-state index in [2.05, 4.69) is 48.6 Å². The van der Waals surface area contributed by atoms with Gasteiger partial charge in [-0.2, -0.15) is 0 Å². The molecule has 0 fully saturated rings. The molecule has 2 aromatic carbocycles. The van der Waals surface area contributed by atoms with Crippen LogP contribution in [0.2, 0.25) is 0 Å². The molecule has 0 aliphatic heterocycles. The number of furan rings is 1. The first kappa shape index (κ1) is 13.7. The largest absolute Gasteiger partial charge is 0.460 e. The van der Waals surface area contributed by atoms with Crippen molar-refractivity contribution in [3.8, 4) is 11.3 Å². The molecule has 21 heavy (non-hydrogen) atoms. The molecule has 0 aliphatic carbocycles. The van der Waals surface area contributed by atoms with Gasteiger partial charge in [-0.15, -0.1) is 0 Å². The first-order valence-electron chi connectivity index (χ1n) is 7.25. The summed E-state index contributed by atoms with van der Waals surface area (Å²) in [6.45, 7) is 2.89. The molecule has 3 aromatic rings. The molecule has 1 atom stereocenters. The number of nitrogens with one attached hydrogen (secondary N) is 1. The minimum Gasteiger partial charge on any atom is -0.460 e. The quantitative estimate of drug-likeness (QED) is 0.725. The minimum atomic E-state index is 0.302. The molecule has 3 rings (SSSR count). The van der Waals surface area contributed by atoms with E-state index in [1.165, 1.54) is 5.56 Å². The summed E-state index contributed by atoms with van der Waals surface area (Å²) in [7, 11) is 0. The minimum absolute atomic E-state index is 0.302. The van der Waals surface area contributed by atoms with Gasteiger partial charge >= 0.3 is 0 Å². The molecule has 1 aromatic heterocycles. The Hall–Kier alpha value is -2.32. The van der Waals surface area contributed by atoms with Crippen molar-refractivity contribution < 1.29 is 4.42 Å². The third-order valence-electron chi connectivity index (χ3n) is 3.60. The van der Waals surface area contributed by atoms with Crippen molar-refractivity contribution in [2.24, 2.45) is 0 Å². The van der Waals surface area contributed by atoms with E-state index in [9.17, 15) is 0 Å². The molecule has 1 heterocycles. The molecular weight excluding hydrogens is 258 g/mol. The number of hydrogen-bond acceptors (Lipinski definition) is 2. The Balaban J connectivity index is 1.63. The van der Waals surface area contributed by atoms with E-state index < -0.39 is 0 Å². The summed E-state index contributed by atoms with van der Waals surface area (Å²) >= 11 is 0. The second-order valence-electron chi connectivity index (χ2n) is 5.15. The van der Waals surface area contributed by atoms with Gasteiger partial charge < -0.3 is 9.73 Å². The molecule has 2 heteroatoms. The lowest BCUT2D eigenvalue weighted by Gasteiger charge is -2.12. The third kappa shape index (κ3) is 3.41. The van der Waals surface area contributed by atoms with Crippen LogP contribution in [0, 0.1) is 0 Å². The topological polar surface area (TPSA) is 25.2 Å². The van der Waals surface area contributed by atoms with Crippen LogP contribution >= 0.6 is 0 Å². The van der Waals surface area contributed by atoms with Gasteiger partial charge in [0.05, 0.1) is 6.54 Å². The Morgan fingerprint density at radius 1 is 0.857 bits per heavy atom. The van der Waals surface area contributed by atoms with Crippen LogP contribution < -0.4 is 5.32 Å². The normalized spacial score (nSPS) is 12.2. The molecule has 0 saturated carbocycles. The van der Waals surface area contributed by atoms with Crippen molar-refractivity contribution in [1.82, 2.24) is 5.32 Å². The molecule has 1 unspecified atom stereocenters. The first-order valence-corrected chi connectivity index (χ1v) is 7.25. The van der Waals surface area contributed by atoms with Crippen molar-refractivity contribution >= 4 is 0 Å². The average Bonchev–Trinajstić information content (AvgIpc) is 3.03. The molecule has 0 amide bonds. The summed E-state index contributed by atoms with van der Waals surface area (Å²) in [5.74, 6) is 1.87. The zero-order valence-electron chi connectivity index (χ0n) is 12.1. The van der Waals surface area contributed by atoms with E-state index in [0.29, 0.717) is 6.04 Å². The summed E-state index contributed by atoms with van der Waals surface area (Å²) in [6.07, 6.45) is 0. The van der Waals surface area contributed by atoms with E-state index >= 15 is 0 Å². The Bertz CT molecular complexity index is 673. The first-order chi connectivity index (χ1) is 10.3. The summed E-state index contributed by atoms with van der Waals surface area (Å²) in [6, 6.07) is 25.0. The van der Waals surface area contributed by atoms with Crippen LogP contribution in [0.25, 0.3) is 11.3 Å². The van der Waals surface area contributed by atoms with Crippen molar-refractivity contribution in [1.29, 1.82) is 0 Å². The van der Waals surface area contributed by atoms with Gasteiger partial charge in [0.1, 0.15) is 11.5 Å². The lowest BCUT2D eigenvalue weighted by Crippen LogP contribution is -2.17. The zero-order valence-corrected chi connectivity index (χ0v) is 12.1. The number of rotatable bonds is 5. The van der Waals surface area contributed by atoms with Gasteiger partial charge in [0, 0.05) is 11.6 Å². The Morgan fingerprint density at radius 2 is 1.52 bits per heavy atom. The van der Waals surface area contributed by atoms with Crippen LogP contribution in [0.15, 0.2) is 77.2 Å². The highest BCUT2D eigenvalue weighted by Gasteiger charge is 2.07. The smallest absolute Gasteiger partial charge is 0.134 e. The fraction of sp³-hybridized carbons (Fsp3) is 0.158. The Morgan fingerprint density at radius 3 is 2.24 bits per heavy atom. The Kier molecular flexibility index (Phi) is 4.17. The van der Waals surface area contributed by atoms with E-state index in [1.54, 1.807) is 0 Å². The van der Waals surface area contributed by atoms with Gasteiger partial charge in [-0.1, -0.05) is 60.7 Å². The molecule has 2 nitrogen and oxygen atoms in total. The molecule has 0 radical (unpaired) electrons. The summed E-state index contributed by atoms with van der Waals surface area (Å²) in [5, 5.41) is 3.49. The molecular formula is C19H19NO. The van der Waals surface area contributed by atoms with Crippen molar-refractivity contribution in [2.45, 2.75) is 19.5 Å². The summed E-state index contributed by atoms with van der Waals surface area (Å²) < 4.78 is 5.89. The number of hydrogen-bond donors (Lipinski definition) is 1. The fourth-order valence-electron chi connectivity index (χ4n) is 2.34. The van der Waals surface area contributed by atoms with Gasteiger partial charge in [0.2, 0.25) is 0 Å². The lowest BCUT2D eigenvalue weighted by molar-refractivity contribution is 0.468. The van der Waals surface area contributed by atoms with Crippen LogP contribution in [0.4, 0.5) is 0 Å². The monoisotopic (exact) mass is 277 g/mol. The summed E-state index contributed by atoms with van der Waals surface area (Å²) in [5.41, 5.74) is 2.40. The van der Waals surface area contributed by atoms with Gasteiger partial charge in [0.15, 0.2) is 0 Å². The van der Waals surface area contributed by atoms with E-state index in [1.807, 2.05) is 36.4 Å². The number of benzene rings is 2. The molecule has 0 bridgehead atoms. The van der Waals surface area contributed by atoms with Crippen molar-refractivity contribution in [3.63, 3.8) is 0 Å². The second-order valence-corrected chi connectivity index (χ2v) is 5.15. The van der Waals surface area contributed by atoms with Gasteiger partial charge in [-0.3, -0.25) is 0 Å². The Labute approximate surface area is 125 Å². The third-order valence-corrected chi connectivity index (χ3v) is 3.60. The lowest BCUT2D eigenvalue weighted by atomic mass is 10.1. The van der Waals surface area contributed by atoms with Gasteiger partial charge in [0.25, 0.3) is 0 Å². The van der Waals surface area contributed by atoms with Crippen LogP contribution in [0.5, 0.6) is 0 Å². The fourth-order valence-corrected chi connectivity index (χ4v) is 2.34. The van der Waals surface area contributed by atoms with Crippen LogP contribution in [0.1, 0.15) is 24.3 Å². The highest BCUT2D eigenvalue weighted by atomic mass is 16.3. The van der Waals surface area contributed by atoms with E-state index in [4.69, 9.17) is 4.42 Å². The highest BCUT2D eigenvalue weighted by molar-refractivity contribution is 5.57. The van der Waals surface area contributed by atoms with Crippen molar-refractivity contribution in [3.05, 3.63) is 84.1 Å². The highest BCUT2D eigenvalue weighted by Crippen LogP contribution is 2.22. The van der Waals surface area contributed by atoms with Crippen LogP contribution in [-0.4, -0.2) is 0 Å². The summed E-state index contributed by atoms with van der Waals surface area (Å²) in [4.78, 5) is 0. The van der Waals surface area contributed by atoms with E-state index in [-0.39, 0.29) is 0 Å². The molecule has 0 spiro atoms. The van der Waals surface area contributed by atoms with Gasteiger partial charge in [-0.25, -0.2) is 0 Å². The molecule has 0 aliphatic rings.